The number of azo groups is 2. The second-order valence-electron chi connectivity index (χ2n) is 15.7. The van der Waals surface area contributed by atoms with Gasteiger partial charge in [0.05, 0.1) is 51.6 Å². The zero-order chi connectivity index (χ0) is 47.3. The van der Waals surface area contributed by atoms with Crippen molar-refractivity contribution in [3.05, 3.63) is 178 Å². The highest BCUT2D eigenvalue weighted by molar-refractivity contribution is 6.34. The lowest BCUT2D eigenvalue weighted by molar-refractivity contribution is 0.0953. The van der Waals surface area contributed by atoms with E-state index in [9.17, 15) is 9.59 Å². The highest BCUT2D eigenvalue weighted by atomic mass is 35.5. The number of nitrogens with zero attached hydrogens (tertiary/aromatic N) is 6. The minimum atomic E-state index is -0.290. The molecule has 1 amide bonds. The molecule has 8 aromatic carbocycles. The molecular weight excluding hydrogens is 896 g/mol. The van der Waals surface area contributed by atoms with Gasteiger partial charge in [-0.3, -0.25) is 19.5 Å². The van der Waals surface area contributed by atoms with Crippen molar-refractivity contribution < 1.29 is 23.9 Å². The zero-order valence-electron chi connectivity index (χ0n) is 37.9. The van der Waals surface area contributed by atoms with Gasteiger partial charge < -0.3 is 14.4 Å². The summed E-state index contributed by atoms with van der Waals surface area (Å²) in [5.74, 6) is 0.391. The predicted molar refractivity (Wildman–Crippen MR) is 272 cm³/mol. The Morgan fingerprint density at radius 2 is 1.06 bits per heavy atom. The summed E-state index contributed by atoms with van der Waals surface area (Å²) in [6, 6.07) is 45.1. The lowest BCUT2D eigenvalue weighted by Crippen LogP contribution is -2.31. The highest BCUT2D eigenvalue weighted by Gasteiger charge is 2.29. The van der Waals surface area contributed by atoms with Crippen LogP contribution in [0.4, 0.5) is 34.1 Å². The molecule has 11 nitrogen and oxygen atoms in total. The number of amides is 1. The molecule has 0 aromatic heterocycles. The molecule has 0 unspecified atom stereocenters. The molecule has 68 heavy (non-hydrogen) atoms. The van der Waals surface area contributed by atoms with E-state index < -0.39 is 0 Å². The van der Waals surface area contributed by atoms with E-state index in [0.717, 1.165) is 43.9 Å². The number of carbonyl (C=O) groups is 2. The monoisotopic (exact) mass is 940 g/mol. The number of hydrogen-bond acceptors (Lipinski definition) is 10. The number of ketones is 1. The molecule has 0 heterocycles. The summed E-state index contributed by atoms with van der Waals surface area (Å²) in [6.07, 6.45) is 0. The summed E-state index contributed by atoms with van der Waals surface area (Å²) in [4.78, 5) is 36.5. The standard InChI is InChI=1S/C55H46Cl2N6O5/c1-5-62(48-23-15-13-21-46(48)56)55(65)45-30-35-18-10-12-20-40(35)51(54(45)67-8-4)61-59-38-26-28-42-41-27-25-37(31-43(41)52(64)44(42)32-38)58-60-50-39-19-11-9-17-34(39)29-36(53(50)66-7-3)33-68-63(6-2)49-24-16-14-22-47(49)57/h9-32H,5-8,33H2,1-4H3. The van der Waals surface area contributed by atoms with Gasteiger partial charge in [0, 0.05) is 40.6 Å². The molecule has 0 spiro atoms. The van der Waals surface area contributed by atoms with Crippen LogP contribution in [0.3, 0.4) is 0 Å². The normalized spacial score (nSPS) is 12.0. The summed E-state index contributed by atoms with van der Waals surface area (Å²) in [5, 5.41) is 25.0. The number of anilines is 2. The fourth-order valence-electron chi connectivity index (χ4n) is 8.50. The van der Waals surface area contributed by atoms with E-state index in [1.807, 2.05) is 155 Å². The molecule has 0 saturated heterocycles. The molecule has 340 valence electrons. The third kappa shape index (κ3) is 8.91. The van der Waals surface area contributed by atoms with Crippen LogP contribution in [0.1, 0.15) is 59.5 Å². The lowest BCUT2D eigenvalue weighted by Gasteiger charge is -2.24. The first kappa shape index (κ1) is 45.7. The number of halogens is 2. The first-order valence-electron chi connectivity index (χ1n) is 22.5. The Kier molecular flexibility index (Phi) is 13.6. The molecule has 9 rings (SSSR count). The average Bonchev–Trinajstić information content (AvgIpc) is 3.64. The molecule has 0 N–H and O–H groups in total. The summed E-state index contributed by atoms with van der Waals surface area (Å²) < 4.78 is 12.5. The number of hydrogen-bond donors (Lipinski definition) is 0. The van der Waals surface area contributed by atoms with Crippen LogP contribution >= 0.6 is 23.2 Å². The van der Waals surface area contributed by atoms with Crippen LogP contribution in [0.25, 0.3) is 32.7 Å². The van der Waals surface area contributed by atoms with Crippen molar-refractivity contribution in [3.8, 4) is 22.6 Å². The van der Waals surface area contributed by atoms with Crippen LogP contribution in [-0.2, 0) is 11.4 Å². The summed E-state index contributed by atoms with van der Waals surface area (Å²) >= 11 is 13.1. The molecule has 0 radical (unpaired) electrons. The molecule has 0 bridgehead atoms. The van der Waals surface area contributed by atoms with Crippen molar-refractivity contribution in [1.29, 1.82) is 0 Å². The Labute approximate surface area is 404 Å². The maximum Gasteiger partial charge on any atom is 0.262 e. The number of fused-ring (bicyclic) bond motifs is 5. The minimum absolute atomic E-state index is 0.171. The van der Waals surface area contributed by atoms with Gasteiger partial charge >= 0.3 is 0 Å². The molecule has 1 aliphatic rings. The van der Waals surface area contributed by atoms with Crippen molar-refractivity contribution in [2.45, 2.75) is 34.3 Å². The van der Waals surface area contributed by atoms with Gasteiger partial charge in [0.1, 0.15) is 18.0 Å². The molecule has 8 aromatic rings. The van der Waals surface area contributed by atoms with Gasteiger partial charge in [-0.05, 0) is 110 Å². The summed E-state index contributed by atoms with van der Waals surface area (Å²) in [5.41, 5.74) is 6.89. The maximum absolute atomic E-state index is 14.4. The third-order valence-electron chi connectivity index (χ3n) is 11.6. The molecule has 1 aliphatic carbocycles. The molecular formula is C55H46Cl2N6O5. The number of para-hydroxylation sites is 2. The number of ether oxygens (including phenoxy) is 2. The number of hydroxylamine groups is 1. The van der Waals surface area contributed by atoms with E-state index in [1.54, 1.807) is 28.2 Å². The van der Waals surface area contributed by atoms with Crippen molar-refractivity contribution in [2.24, 2.45) is 20.5 Å². The topological polar surface area (TPSA) is 118 Å². The van der Waals surface area contributed by atoms with Gasteiger partial charge in [-0.15, -0.1) is 10.2 Å². The summed E-state index contributed by atoms with van der Waals surface area (Å²) in [7, 11) is 0. The third-order valence-corrected chi connectivity index (χ3v) is 12.3. The van der Waals surface area contributed by atoms with Crippen LogP contribution in [-0.4, -0.2) is 38.0 Å². The lowest BCUT2D eigenvalue weighted by atomic mass is 10.0. The van der Waals surface area contributed by atoms with Gasteiger partial charge in [-0.25, -0.2) is 0 Å². The second-order valence-corrected chi connectivity index (χ2v) is 16.5. The quantitative estimate of drug-likeness (QED) is 0.0703. The number of rotatable bonds is 16. The fraction of sp³-hybridized carbons (Fsp3) is 0.164. The van der Waals surface area contributed by atoms with Crippen molar-refractivity contribution in [2.75, 3.05) is 36.3 Å². The average molecular weight is 942 g/mol. The highest BCUT2D eigenvalue weighted by Crippen LogP contribution is 2.45. The van der Waals surface area contributed by atoms with E-state index in [-0.39, 0.29) is 24.9 Å². The molecule has 13 heteroatoms. The van der Waals surface area contributed by atoms with Crippen LogP contribution in [0, 0.1) is 0 Å². The Balaban J connectivity index is 1.02. The number of benzene rings is 8. The van der Waals surface area contributed by atoms with Crippen molar-refractivity contribution >= 4 is 90.6 Å². The molecule has 0 fully saturated rings. The maximum atomic E-state index is 14.4. The van der Waals surface area contributed by atoms with Crippen molar-refractivity contribution in [3.63, 3.8) is 0 Å². The Morgan fingerprint density at radius 3 is 1.62 bits per heavy atom. The first-order chi connectivity index (χ1) is 33.2. The Hall–Kier alpha value is -7.44. The minimum Gasteiger partial charge on any atom is -0.491 e. The fourth-order valence-corrected chi connectivity index (χ4v) is 8.97. The molecule has 0 saturated carbocycles. The van der Waals surface area contributed by atoms with E-state index in [1.165, 1.54) is 0 Å². The van der Waals surface area contributed by atoms with Crippen LogP contribution in [0.2, 0.25) is 10.0 Å². The van der Waals surface area contributed by atoms with Crippen LogP contribution in [0.5, 0.6) is 11.5 Å². The number of carbonyl (C=O) groups excluding carboxylic acids is 2. The van der Waals surface area contributed by atoms with Crippen LogP contribution < -0.4 is 19.4 Å². The second kappa shape index (κ2) is 20.2. The van der Waals surface area contributed by atoms with Gasteiger partial charge in [-0.2, -0.15) is 10.2 Å². The predicted octanol–water partition coefficient (Wildman–Crippen LogP) is 15.8. The first-order valence-corrected chi connectivity index (χ1v) is 23.2. The van der Waals surface area contributed by atoms with Crippen LogP contribution in [0.15, 0.2) is 166 Å². The van der Waals surface area contributed by atoms with Gasteiger partial charge in [0.2, 0.25) is 0 Å². The SMILES string of the molecule is CCOc1c(CON(CC)c2ccccc2Cl)cc2ccccc2c1N=Nc1ccc2c(c1)C(=O)c1cc(N=Nc3c(OCC)c(C(=O)N(CC)c4ccccc4Cl)cc4ccccc34)ccc1-2. The van der Waals surface area contributed by atoms with E-state index in [0.29, 0.717) is 86.4 Å². The van der Waals surface area contributed by atoms with Crippen molar-refractivity contribution in [1.82, 2.24) is 0 Å². The largest absolute Gasteiger partial charge is 0.491 e. The molecule has 0 aliphatic heterocycles. The zero-order valence-corrected chi connectivity index (χ0v) is 39.4. The van der Waals surface area contributed by atoms with E-state index in [4.69, 9.17) is 47.7 Å². The van der Waals surface area contributed by atoms with E-state index in [2.05, 4.69) is 10.2 Å². The Bertz CT molecular complexity index is 3300. The van der Waals surface area contributed by atoms with Gasteiger partial charge in [-0.1, -0.05) is 108 Å². The smallest absolute Gasteiger partial charge is 0.262 e. The molecule has 0 atom stereocenters. The summed E-state index contributed by atoms with van der Waals surface area (Å²) in [6.45, 7) is 9.45. The van der Waals surface area contributed by atoms with Gasteiger partial charge in [0.15, 0.2) is 17.3 Å². The Morgan fingerprint density at radius 1 is 0.544 bits per heavy atom. The van der Waals surface area contributed by atoms with Gasteiger partial charge in [0.25, 0.3) is 5.91 Å². The van der Waals surface area contributed by atoms with E-state index >= 15 is 0 Å².